The number of benzene rings is 1. The van der Waals surface area contributed by atoms with E-state index in [9.17, 15) is 14.7 Å². The molecule has 0 spiro atoms. The zero-order chi connectivity index (χ0) is 18.9. The lowest BCUT2D eigenvalue weighted by Gasteiger charge is -2.34. The number of hydrogen-bond donors (Lipinski definition) is 2. The summed E-state index contributed by atoms with van der Waals surface area (Å²) in [6.07, 6.45) is 3.11. The van der Waals surface area contributed by atoms with Crippen molar-refractivity contribution in [1.82, 2.24) is 10.2 Å². The summed E-state index contributed by atoms with van der Waals surface area (Å²) in [4.78, 5) is 26.9. The fourth-order valence-corrected chi connectivity index (χ4v) is 4.13. The van der Waals surface area contributed by atoms with E-state index in [0.29, 0.717) is 25.3 Å². The molecule has 2 aliphatic rings. The molecule has 0 unspecified atom stereocenters. The third-order valence-corrected chi connectivity index (χ3v) is 6.07. The van der Waals surface area contributed by atoms with E-state index < -0.39 is 11.5 Å². The average Bonchev–Trinajstić information content (AvgIpc) is 3.42. The van der Waals surface area contributed by atoms with Crippen molar-refractivity contribution in [2.24, 2.45) is 11.8 Å². The van der Waals surface area contributed by atoms with Gasteiger partial charge in [0.25, 0.3) is 0 Å². The molecule has 1 saturated carbocycles. The first-order chi connectivity index (χ1) is 12.4. The van der Waals surface area contributed by atoms with E-state index in [1.165, 1.54) is 12.8 Å². The standard InChI is InChI=1S/C20H28N2O4/c1-4-20(19(24)25)11-16(18(23)21-12-13-5-6-13)17(22(20)2)14-7-9-15(26-3)10-8-14/h7-10,13,16-17H,4-6,11-12H2,1-3H3,(H,21,23)(H,24,25)/t16-,17-,20-/m0/s1. The Balaban J connectivity index is 1.91. The van der Waals surface area contributed by atoms with Crippen LogP contribution in [0, 0.1) is 11.8 Å². The minimum absolute atomic E-state index is 0.0406. The largest absolute Gasteiger partial charge is 0.497 e. The predicted molar refractivity (Wildman–Crippen MR) is 98.0 cm³/mol. The van der Waals surface area contributed by atoms with Gasteiger partial charge in [0.05, 0.1) is 13.0 Å². The van der Waals surface area contributed by atoms with Crippen molar-refractivity contribution in [3.05, 3.63) is 29.8 Å². The summed E-state index contributed by atoms with van der Waals surface area (Å²) in [6, 6.07) is 7.30. The fraction of sp³-hybridized carbons (Fsp3) is 0.600. The van der Waals surface area contributed by atoms with Gasteiger partial charge in [0, 0.05) is 12.6 Å². The van der Waals surface area contributed by atoms with Crippen molar-refractivity contribution in [1.29, 1.82) is 0 Å². The van der Waals surface area contributed by atoms with Crippen LogP contribution in [0.1, 0.15) is 44.2 Å². The normalized spacial score (nSPS) is 28.7. The van der Waals surface area contributed by atoms with Crippen molar-refractivity contribution >= 4 is 11.9 Å². The van der Waals surface area contributed by atoms with Gasteiger partial charge in [0.2, 0.25) is 5.91 Å². The Morgan fingerprint density at radius 2 is 1.96 bits per heavy atom. The fourth-order valence-electron chi connectivity index (χ4n) is 4.13. The third-order valence-electron chi connectivity index (χ3n) is 6.07. The molecule has 2 N–H and O–H groups in total. The highest BCUT2D eigenvalue weighted by atomic mass is 16.5. The highest BCUT2D eigenvalue weighted by molar-refractivity contribution is 5.85. The van der Waals surface area contributed by atoms with E-state index in [-0.39, 0.29) is 17.9 Å². The minimum Gasteiger partial charge on any atom is -0.497 e. The van der Waals surface area contributed by atoms with Gasteiger partial charge < -0.3 is 15.2 Å². The quantitative estimate of drug-likeness (QED) is 0.781. The molecule has 1 saturated heterocycles. The second kappa shape index (κ2) is 7.27. The number of likely N-dealkylation sites (N-methyl/N-ethyl adjacent to an activating group) is 1. The lowest BCUT2D eigenvalue weighted by Crippen LogP contribution is -2.48. The maximum Gasteiger partial charge on any atom is 0.324 e. The molecule has 0 bridgehead atoms. The van der Waals surface area contributed by atoms with Crippen LogP contribution in [0.2, 0.25) is 0 Å². The smallest absolute Gasteiger partial charge is 0.324 e. The van der Waals surface area contributed by atoms with Gasteiger partial charge in [0.15, 0.2) is 0 Å². The van der Waals surface area contributed by atoms with Gasteiger partial charge in [-0.05, 0) is 56.3 Å². The first-order valence-corrected chi connectivity index (χ1v) is 9.31. The van der Waals surface area contributed by atoms with E-state index in [1.54, 1.807) is 7.11 Å². The van der Waals surface area contributed by atoms with Crippen LogP contribution in [0.15, 0.2) is 24.3 Å². The maximum atomic E-state index is 12.9. The summed E-state index contributed by atoms with van der Waals surface area (Å²) in [5.41, 5.74) is -0.0805. The number of hydrogen-bond acceptors (Lipinski definition) is 4. The number of amides is 1. The number of nitrogens with zero attached hydrogens (tertiary/aromatic N) is 1. The molecule has 142 valence electrons. The Morgan fingerprint density at radius 1 is 1.31 bits per heavy atom. The summed E-state index contributed by atoms with van der Waals surface area (Å²) >= 11 is 0. The maximum absolute atomic E-state index is 12.9. The van der Waals surface area contributed by atoms with Gasteiger partial charge >= 0.3 is 5.97 Å². The molecule has 1 aliphatic heterocycles. The number of rotatable bonds is 7. The Labute approximate surface area is 154 Å². The number of methoxy groups -OCH3 is 1. The molecular formula is C20H28N2O4. The molecule has 3 rings (SSSR count). The molecule has 1 aromatic carbocycles. The Morgan fingerprint density at radius 3 is 2.46 bits per heavy atom. The summed E-state index contributed by atoms with van der Waals surface area (Å²) in [5.74, 6) is 0.0416. The molecule has 26 heavy (non-hydrogen) atoms. The zero-order valence-electron chi connectivity index (χ0n) is 15.7. The molecule has 1 amide bonds. The van der Waals surface area contributed by atoms with E-state index in [4.69, 9.17) is 4.74 Å². The summed E-state index contributed by atoms with van der Waals surface area (Å²) in [6.45, 7) is 2.57. The molecule has 0 radical (unpaired) electrons. The Hall–Kier alpha value is -2.08. The number of carboxylic acid groups (broad SMARTS) is 1. The summed E-state index contributed by atoms with van der Waals surface area (Å²) < 4.78 is 5.22. The molecular weight excluding hydrogens is 332 g/mol. The minimum atomic E-state index is -1.02. The molecule has 1 heterocycles. The number of carbonyl (C=O) groups excluding carboxylic acids is 1. The molecule has 0 aromatic heterocycles. The van der Waals surface area contributed by atoms with E-state index in [1.807, 2.05) is 43.1 Å². The van der Waals surface area contributed by atoms with Crippen molar-refractivity contribution in [2.45, 2.75) is 44.2 Å². The monoisotopic (exact) mass is 360 g/mol. The summed E-state index contributed by atoms with van der Waals surface area (Å²) in [7, 11) is 3.43. The van der Waals surface area contributed by atoms with Gasteiger partial charge in [-0.25, -0.2) is 0 Å². The molecule has 1 aliphatic carbocycles. The van der Waals surface area contributed by atoms with Gasteiger partial charge in [-0.2, -0.15) is 0 Å². The number of carboxylic acids is 1. The highest BCUT2D eigenvalue weighted by Crippen LogP contribution is 2.47. The van der Waals surface area contributed by atoms with Crippen LogP contribution in [0.3, 0.4) is 0 Å². The van der Waals surface area contributed by atoms with E-state index >= 15 is 0 Å². The molecule has 3 atom stereocenters. The number of nitrogens with one attached hydrogen (secondary N) is 1. The SMILES string of the molecule is CC[C@@]1(C(=O)O)C[C@H](C(=O)NCC2CC2)[C@H](c2ccc(OC)cc2)N1C. The van der Waals surface area contributed by atoms with Crippen LogP contribution < -0.4 is 10.1 Å². The first-order valence-electron chi connectivity index (χ1n) is 9.31. The van der Waals surface area contributed by atoms with Crippen molar-refractivity contribution in [3.63, 3.8) is 0 Å². The Kier molecular flexibility index (Phi) is 5.23. The van der Waals surface area contributed by atoms with Crippen LogP contribution in [0.4, 0.5) is 0 Å². The van der Waals surface area contributed by atoms with Crippen molar-refractivity contribution in [2.75, 3.05) is 20.7 Å². The number of ether oxygens (including phenoxy) is 1. The number of carbonyl (C=O) groups is 2. The lowest BCUT2D eigenvalue weighted by molar-refractivity contribution is -0.150. The first kappa shape index (κ1) is 18.7. The molecule has 2 fully saturated rings. The van der Waals surface area contributed by atoms with Gasteiger partial charge in [-0.3, -0.25) is 14.5 Å². The van der Waals surface area contributed by atoms with Crippen LogP contribution >= 0.6 is 0 Å². The van der Waals surface area contributed by atoms with Crippen LogP contribution in [-0.2, 0) is 9.59 Å². The van der Waals surface area contributed by atoms with E-state index in [2.05, 4.69) is 5.32 Å². The van der Waals surface area contributed by atoms with Crippen molar-refractivity contribution < 1.29 is 19.4 Å². The van der Waals surface area contributed by atoms with Crippen LogP contribution in [0.5, 0.6) is 5.75 Å². The predicted octanol–water partition coefficient (Wildman–Crippen LogP) is 2.45. The Bertz CT molecular complexity index is 671. The summed E-state index contributed by atoms with van der Waals surface area (Å²) in [5, 5.41) is 13.0. The van der Waals surface area contributed by atoms with Crippen molar-refractivity contribution in [3.8, 4) is 5.75 Å². The second-order valence-corrected chi connectivity index (χ2v) is 7.52. The molecule has 1 aromatic rings. The van der Waals surface area contributed by atoms with Gasteiger partial charge in [-0.15, -0.1) is 0 Å². The third kappa shape index (κ3) is 3.30. The highest BCUT2D eigenvalue weighted by Gasteiger charge is 2.56. The number of aliphatic carboxylic acids is 1. The second-order valence-electron chi connectivity index (χ2n) is 7.52. The van der Waals surface area contributed by atoms with Gasteiger partial charge in [0.1, 0.15) is 11.3 Å². The number of likely N-dealkylation sites (tertiary alicyclic amines) is 1. The van der Waals surface area contributed by atoms with Gasteiger partial charge in [-0.1, -0.05) is 19.1 Å². The van der Waals surface area contributed by atoms with E-state index in [0.717, 1.165) is 11.3 Å². The zero-order valence-corrected chi connectivity index (χ0v) is 15.7. The average molecular weight is 360 g/mol. The molecule has 6 heteroatoms. The van der Waals surface area contributed by atoms with Crippen LogP contribution in [0.25, 0.3) is 0 Å². The topological polar surface area (TPSA) is 78.9 Å². The molecule has 6 nitrogen and oxygen atoms in total. The van der Waals surface area contributed by atoms with Crippen LogP contribution in [-0.4, -0.2) is 48.1 Å². The lowest BCUT2D eigenvalue weighted by atomic mass is 9.87.